The predicted octanol–water partition coefficient (Wildman–Crippen LogP) is 4.81. The van der Waals surface area contributed by atoms with E-state index in [4.69, 9.17) is 0 Å². The smallest absolute Gasteiger partial charge is 0.321 e. The molecule has 2 atom stereocenters. The van der Waals surface area contributed by atoms with Gasteiger partial charge in [-0.05, 0) is 52.3 Å². The molecular formula is C24H28N2O3. The molecule has 0 saturated heterocycles. The molecule has 0 saturated carbocycles. The monoisotopic (exact) mass is 392 g/mol. The molecule has 29 heavy (non-hydrogen) atoms. The zero-order valence-corrected chi connectivity index (χ0v) is 17.3. The van der Waals surface area contributed by atoms with E-state index in [1.54, 1.807) is 0 Å². The Hall–Kier alpha value is -2.79. The maximum absolute atomic E-state index is 11.9. The Kier molecular flexibility index (Phi) is 4.87. The van der Waals surface area contributed by atoms with Gasteiger partial charge in [0.15, 0.2) is 0 Å². The zero-order chi connectivity index (χ0) is 20.9. The Morgan fingerprint density at radius 1 is 1.07 bits per heavy atom. The van der Waals surface area contributed by atoms with Crippen LogP contribution in [0.4, 0.5) is 0 Å². The number of H-pyrrole nitrogens is 1. The molecule has 4 rings (SSSR count). The summed E-state index contributed by atoms with van der Waals surface area (Å²) in [6, 6.07) is 11.1. The second-order valence-corrected chi connectivity index (χ2v) is 8.61. The molecule has 1 aromatic heterocycles. The summed E-state index contributed by atoms with van der Waals surface area (Å²) in [6.45, 7) is 8.24. The first-order valence-electron chi connectivity index (χ1n) is 10.2. The fourth-order valence-electron chi connectivity index (χ4n) is 4.41. The van der Waals surface area contributed by atoms with Crippen LogP contribution in [-0.4, -0.2) is 27.2 Å². The highest BCUT2D eigenvalue weighted by Crippen LogP contribution is 2.40. The van der Waals surface area contributed by atoms with Crippen LogP contribution in [0.5, 0.6) is 5.75 Å². The van der Waals surface area contributed by atoms with Gasteiger partial charge in [-0.1, -0.05) is 45.9 Å². The molecule has 0 bridgehead atoms. The Morgan fingerprint density at radius 3 is 2.28 bits per heavy atom. The largest absolute Gasteiger partial charge is 0.507 e. The number of hydrogen-bond donors (Lipinski definition) is 4. The van der Waals surface area contributed by atoms with Crippen LogP contribution >= 0.6 is 0 Å². The first-order chi connectivity index (χ1) is 13.8. The van der Waals surface area contributed by atoms with Crippen LogP contribution in [0.15, 0.2) is 36.4 Å². The van der Waals surface area contributed by atoms with Crippen molar-refractivity contribution < 1.29 is 15.0 Å². The number of aliphatic carboxylic acids is 1. The molecule has 0 unspecified atom stereocenters. The molecule has 152 valence electrons. The normalized spacial score (nSPS) is 19.1. The molecule has 2 aromatic carbocycles. The third kappa shape index (κ3) is 3.29. The van der Waals surface area contributed by atoms with Crippen molar-refractivity contribution >= 4 is 16.9 Å². The summed E-state index contributed by atoms with van der Waals surface area (Å²) >= 11 is 0. The maximum Gasteiger partial charge on any atom is 0.321 e. The van der Waals surface area contributed by atoms with Crippen LogP contribution in [0.25, 0.3) is 10.9 Å². The quantitative estimate of drug-likeness (QED) is 0.513. The molecule has 0 aliphatic carbocycles. The van der Waals surface area contributed by atoms with Gasteiger partial charge in [-0.3, -0.25) is 10.1 Å². The SMILES string of the molecule is CC(C)c1cc([C@@H]2N[C@H](C(=O)O)Cc3c2[nH]c2ccccc32)cc(C(C)C)c1O. The van der Waals surface area contributed by atoms with Crippen molar-refractivity contribution in [3.8, 4) is 5.75 Å². The minimum Gasteiger partial charge on any atom is -0.507 e. The topological polar surface area (TPSA) is 85.4 Å². The van der Waals surface area contributed by atoms with E-state index >= 15 is 0 Å². The van der Waals surface area contributed by atoms with E-state index < -0.39 is 12.0 Å². The third-order valence-corrected chi connectivity index (χ3v) is 5.98. The van der Waals surface area contributed by atoms with E-state index in [0.717, 1.165) is 38.9 Å². The summed E-state index contributed by atoms with van der Waals surface area (Å²) in [5, 5.41) is 24.9. The van der Waals surface area contributed by atoms with E-state index in [0.29, 0.717) is 12.2 Å². The molecule has 1 aliphatic rings. The summed E-state index contributed by atoms with van der Waals surface area (Å²) in [5.41, 5.74) is 5.85. The van der Waals surface area contributed by atoms with Gasteiger partial charge in [0.2, 0.25) is 0 Å². The van der Waals surface area contributed by atoms with Crippen LogP contribution in [0.1, 0.15) is 73.5 Å². The number of carboxylic acid groups (broad SMARTS) is 1. The van der Waals surface area contributed by atoms with Crippen molar-refractivity contribution in [2.24, 2.45) is 0 Å². The first-order valence-corrected chi connectivity index (χ1v) is 10.2. The molecule has 5 heteroatoms. The van der Waals surface area contributed by atoms with Gasteiger partial charge in [-0.2, -0.15) is 0 Å². The van der Waals surface area contributed by atoms with Crippen LogP contribution in [0.2, 0.25) is 0 Å². The van der Waals surface area contributed by atoms with Crippen LogP contribution < -0.4 is 5.32 Å². The number of aromatic hydroxyl groups is 1. The van der Waals surface area contributed by atoms with E-state index in [1.807, 2.05) is 36.4 Å². The molecule has 0 amide bonds. The number of phenols is 1. The minimum atomic E-state index is -0.849. The molecular weight excluding hydrogens is 364 g/mol. The number of carboxylic acids is 1. The Balaban J connectivity index is 1.94. The highest BCUT2D eigenvalue weighted by atomic mass is 16.4. The summed E-state index contributed by atoms with van der Waals surface area (Å²) in [4.78, 5) is 15.4. The van der Waals surface area contributed by atoms with Crippen molar-refractivity contribution in [3.63, 3.8) is 0 Å². The average Bonchev–Trinajstić information content (AvgIpc) is 3.05. The lowest BCUT2D eigenvalue weighted by molar-refractivity contribution is -0.139. The molecule has 0 radical (unpaired) electrons. The Bertz CT molecular complexity index is 1050. The van der Waals surface area contributed by atoms with Crippen molar-refractivity contribution in [2.75, 3.05) is 0 Å². The molecule has 0 spiro atoms. The molecule has 4 N–H and O–H groups in total. The van der Waals surface area contributed by atoms with E-state index in [1.165, 1.54) is 0 Å². The van der Waals surface area contributed by atoms with Crippen LogP contribution in [-0.2, 0) is 11.2 Å². The van der Waals surface area contributed by atoms with Gasteiger partial charge in [-0.15, -0.1) is 0 Å². The van der Waals surface area contributed by atoms with Crippen LogP contribution in [0.3, 0.4) is 0 Å². The molecule has 5 nitrogen and oxygen atoms in total. The van der Waals surface area contributed by atoms with Gasteiger partial charge >= 0.3 is 5.97 Å². The summed E-state index contributed by atoms with van der Waals surface area (Å²) < 4.78 is 0. The number of nitrogens with one attached hydrogen (secondary N) is 2. The third-order valence-electron chi connectivity index (χ3n) is 5.98. The Morgan fingerprint density at radius 2 is 1.69 bits per heavy atom. The molecule has 3 aromatic rings. The number of hydrogen-bond acceptors (Lipinski definition) is 3. The number of fused-ring (bicyclic) bond motifs is 3. The second-order valence-electron chi connectivity index (χ2n) is 8.61. The Labute approximate surface area is 170 Å². The lowest BCUT2D eigenvalue weighted by atomic mass is 9.85. The highest BCUT2D eigenvalue weighted by molar-refractivity contribution is 5.87. The van der Waals surface area contributed by atoms with E-state index in [9.17, 15) is 15.0 Å². The fourth-order valence-corrected chi connectivity index (χ4v) is 4.41. The summed E-state index contributed by atoms with van der Waals surface area (Å²) in [6.07, 6.45) is 0.442. The van der Waals surface area contributed by atoms with Crippen molar-refractivity contribution in [2.45, 2.75) is 58.0 Å². The van der Waals surface area contributed by atoms with Crippen molar-refractivity contribution in [1.29, 1.82) is 0 Å². The number of phenolic OH excluding ortho intramolecular Hbond substituents is 1. The van der Waals surface area contributed by atoms with E-state index in [-0.39, 0.29) is 17.9 Å². The lowest BCUT2D eigenvalue weighted by Gasteiger charge is -2.31. The second kappa shape index (κ2) is 7.23. The zero-order valence-electron chi connectivity index (χ0n) is 17.3. The van der Waals surface area contributed by atoms with Gasteiger partial charge < -0.3 is 15.2 Å². The fraction of sp³-hybridized carbons (Fsp3) is 0.375. The van der Waals surface area contributed by atoms with Gasteiger partial charge in [-0.25, -0.2) is 0 Å². The number of benzene rings is 2. The first kappa shape index (κ1) is 19.5. The number of para-hydroxylation sites is 1. The molecule has 1 aliphatic heterocycles. The number of rotatable bonds is 4. The standard InChI is InChI=1S/C24H28N2O3/c1-12(2)16-9-14(10-17(13(3)4)23(16)27)21-22-18(11-20(26-21)24(28)29)15-7-5-6-8-19(15)25-22/h5-10,12-13,20-21,25-27H,11H2,1-4H3,(H,28,29)/t20-,21-/m0/s1. The van der Waals surface area contributed by atoms with E-state index in [2.05, 4.69) is 38.0 Å². The summed E-state index contributed by atoms with van der Waals surface area (Å²) in [5.74, 6) is -0.180. The van der Waals surface area contributed by atoms with Crippen LogP contribution in [0, 0.1) is 0 Å². The lowest BCUT2D eigenvalue weighted by Crippen LogP contribution is -2.45. The number of aromatic amines is 1. The maximum atomic E-state index is 11.9. The minimum absolute atomic E-state index is 0.161. The number of aromatic nitrogens is 1. The van der Waals surface area contributed by atoms with Gasteiger partial charge in [0.25, 0.3) is 0 Å². The average molecular weight is 392 g/mol. The van der Waals surface area contributed by atoms with Gasteiger partial charge in [0, 0.05) is 23.0 Å². The van der Waals surface area contributed by atoms with Gasteiger partial charge in [0.1, 0.15) is 11.8 Å². The van der Waals surface area contributed by atoms with Crippen molar-refractivity contribution in [1.82, 2.24) is 10.3 Å². The molecule has 0 fully saturated rings. The summed E-state index contributed by atoms with van der Waals surface area (Å²) in [7, 11) is 0. The molecule has 2 heterocycles. The van der Waals surface area contributed by atoms with Crippen molar-refractivity contribution in [3.05, 3.63) is 64.3 Å². The van der Waals surface area contributed by atoms with Gasteiger partial charge in [0.05, 0.1) is 6.04 Å². The number of carbonyl (C=O) groups is 1. The predicted molar refractivity (Wildman–Crippen MR) is 115 cm³/mol. The highest BCUT2D eigenvalue weighted by Gasteiger charge is 2.34.